The Morgan fingerprint density at radius 1 is 1.17 bits per heavy atom. The highest BCUT2D eigenvalue weighted by atomic mass is 32.2. The molecule has 126 valence electrons. The Balaban J connectivity index is 1.94. The van der Waals surface area contributed by atoms with Crippen molar-refractivity contribution in [1.82, 2.24) is 0 Å². The third-order valence-electron chi connectivity index (χ3n) is 3.04. The number of hydrogen-bond acceptors (Lipinski definition) is 5. The lowest BCUT2D eigenvalue weighted by Crippen LogP contribution is -2.18. The molecular formula is C19H21NO3S. The zero-order valence-electron chi connectivity index (χ0n) is 14.1. The number of carbonyl (C=O) groups is 1. The van der Waals surface area contributed by atoms with E-state index in [9.17, 15) is 4.79 Å². The van der Waals surface area contributed by atoms with Crippen molar-refractivity contribution in [2.45, 2.75) is 24.8 Å². The van der Waals surface area contributed by atoms with Gasteiger partial charge in [0.05, 0.1) is 11.8 Å². The van der Waals surface area contributed by atoms with E-state index in [1.54, 1.807) is 25.6 Å². The Hall–Kier alpha value is -2.27. The predicted octanol–water partition coefficient (Wildman–Crippen LogP) is 4.49. The predicted molar refractivity (Wildman–Crippen MR) is 98.6 cm³/mol. The van der Waals surface area contributed by atoms with Crippen molar-refractivity contribution < 1.29 is 14.3 Å². The summed E-state index contributed by atoms with van der Waals surface area (Å²) in [7, 11) is 0. The highest BCUT2D eigenvalue weighted by Crippen LogP contribution is 2.27. The Morgan fingerprint density at radius 2 is 1.88 bits per heavy atom. The first-order valence-electron chi connectivity index (χ1n) is 7.68. The highest BCUT2D eigenvalue weighted by molar-refractivity contribution is 7.98. The van der Waals surface area contributed by atoms with Crippen LogP contribution in [-0.2, 0) is 9.53 Å². The van der Waals surface area contributed by atoms with Crippen molar-refractivity contribution in [2.24, 2.45) is 4.99 Å². The second-order valence-electron chi connectivity index (χ2n) is 5.33. The van der Waals surface area contributed by atoms with Crippen LogP contribution in [0.15, 0.2) is 58.4 Å². The normalized spacial score (nSPS) is 11.0. The van der Waals surface area contributed by atoms with Gasteiger partial charge in [-0.05, 0) is 62.1 Å². The molecule has 5 heteroatoms. The van der Waals surface area contributed by atoms with E-state index in [4.69, 9.17) is 9.47 Å². The summed E-state index contributed by atoms with van der Waals surface area (Å²) in [5, 5.41) is 0. The number of hydrogen-bond donors (Lipinski definition) is 0. The zero-order chi connectivity index (χ0) is 17.4. The summed E-state index contributed by atoms with van der Waals surface area (Å²) in [6, 6.07) is 15.4. The molecule has 0 bridgehead atoms. The van der Waals surface area contributed by atoms with Crippen molar-refractivity contribution >= 4 is 29.6 Å². The Morgan fingerprint density at radius 3 is 2.54 bits per heavy atom. The van der Waals surface area contributed by atoms with Crippen LogP contribution < -0.4 is 4.74 Å². The summed E-state index contributed by atoms with van der Waals surface area (Å²) in [4.78, 5) is 17.1. The van der Waals surface area contributed by atoms with Gasteiger partial charge < -0.3 is 9.47 Å². The minimum absolute atomic E-state index is 0.0906. The molecule has 2 rings (SSSR count). The summed E-state index contributed by atoms with van der Waals surface area (Å²) in [6.07, 6.45) is 3.71. The van der Waals surface area contributed by atoms with Crippen LogP contribution in [0.1, 0.15) is 19.4 Å². The van der Waals surface area contributed by atoms with Gasteiger partial charge in [-0.15, -0.1) is 11.8 Å². The van der Waals surface area contributed by atoms with E-state index in [0.717, 1.165) is 16.1 Å². The van der Waals surface area contributed by atoms with Crippen LogP contribution in [0, 0.1) is 0 Å². The first kappa shape index (κ1) is 18.1. The van der Waals surface area contributed by atoms with Crippen molar-refractivity contribution in [3.8, 4) is 5.75 Å². The molecule has 24 heavy (non-hydrogen) atoms. The van der Waals surface area contributed by atoms with E-state index in [-0.39, 0.29) is 18.7 Å². The maximum Gasteiger partial charge on any atom is 0.344 e. The summed E-state index contributed by atoms with van der Waals surface area (Å²) >= 11 is 1.67. The summed E-state index contributed by atoms with van der Waals surface area (Å²) in [5.41, 5.74) is 1.91. The Kier molecular flexibility index (Phi) is 6.88. The molecule has 0 saturated heterocycles. The van der Waals surface area contributed by atoms with Crippen molar-refractivity contribution in [1.29, 1.82) is 0 Å². The number of benzene rings is 2. The van der Waals surface area contributed by atoms with Crippen molar-refractivity contribution in [2.75, 3.05) is 12.9 Å². The van der Waals surface area contributed by atoms with Gasteiger partial charge in [0.25, 0.3) is 0 Å². The van der Waals surface area contributed by atoms with Crippen molar-refractivity contribution in [3.05, 3.63) is 54.1 Å². The molecule has 4 nitrogen and oxygen atoms in total. The van der Waals surface area contributed by atoms with Gasteiger partial charge in [0.15, 0.2) is 6.61 Å². The lowest BCUT2D eigenvalue weighted by atomic mass is 10.2. The molecule has 0 aliphatic carbocycles. The molecule has 0 amide bonds. The van der Waals surface area contributed by atoms with E-state index in [2.05, 4.69) is 4.99 Å². The summed E-state index contributed by atoms with van der Waals surface area (Å²) in [5.74, 6) is 0.252. The number of nitrogens with zero attached hydrogens (tertiary/aromatic N) is 1. The number of thioether (sulfide) groups is 1. The van der Waals surface area contributed by atoms with Crippen LogP contribution in [0.4, 0.5) is 5.69 Å². The third-order valence-corrected chi connectivity index (χ3v) is 3.83. The van der Waals surface area contributed by atoms with Crippen LogP contribution in [0.5, 0.6) is 5.75 Å². The van der Waals surface area contributed by atoms with Gasteiger partial charge in [0, 0.05) is 11.1 Å². The SMILES string of the molecule is CSc1ccccc1N=Cc1ccc(OCC(=O)OC(C)C)cc1. The lowest BCUT2D eigenvalue weighted by molar-refractivity contribution is -0.149. The first-order chi connectivity index (χ1) is 11.6. The number of aliphatic imine (C=N–C) groups is 1. The average molecular weight is 343 g/mol. The van der Waals surface area contributed by atoms with Gasteiger partial charge >= 0.3 is 5.97 Å². The largest absolute Gasteiger partial charge is 0.482 e. The van der Waals surface area contributed by atoms with Crippen LogP contribution in [-0.4, -0.2) is 31.2 Å². The van der Waals surface area contributed by atoms with Gasteiger partial charge in [0.2, 0.25) is 0 Å². The highest BCUT2D eigenvalue weighted by Gasteiger charge is 2.06. The van der Waals surface area contributed by atoms with E-state index in [1.165, 1.54) is 0 Å². The first-order valence-corrected chi connectivity index (χ1v) is 8.90. The zero-order valence-corrected chi connectivity index (χ0v) is 14.9. The Labute approximate surface area is 146 Å². The Bertz CT molecular complexity index is 696. The minimum atomic E-state index is -0.371. The molecule has 0 spiro atoms. The fraction of sp³-hybridized carbons (Fsp3) is 0.263. The van der Waals surface area contributed by atoms with E-state index in [1.807, 2.05) is 61.0 Å². The lowest BCUT2D eigenvalue weighted by Gasteiger charge is -2.09. The third kappa shape index (κ3) is 5.74. The molecule has 0 heterocycles. The molecular weight excluding hydrogens is 322 g/mol. The molecule has 2 aromatic carbocycles. The molecule has 0 saturated carbocycles. The smallest absolute Gasteiger partial charge is 0.344 e. The van der Waals surface area contributed by atoms with Crippen LogP contribution in [0.3, 0.4) is 0 Å². The monoisotopic (exact) mass is 343 g/mol. The topological polar surface area (TPSA) is 47.9 Å². The number of para-hydroxylation sites is 1. The molecule has 0 atom stereocenters. The number of carbonyl (C=O) groups excluding carboxylic acids is 1. The second-order valence-corrected chi connectivity index (χ2v) is 6.17. The van der Waals surface area contributed by atoms with Gasteiger partial charge in [-0.2, -0.15) is 0 Å². The summed E-state index contributed by atoms with van der Waals surface area (Å²) in [6.45, 7) is 3.52. The average Bonchev–Trinajstić information content (AvgIpc) is 2.58. The van der Waals surface area contributed by atoms with Gasteiger partial charge in [-0.25, -0.2) is 4.79 Å². The fourth-order valence-corrected chi connectivity index (χ4v) is 2.51. The molecule has 0 radical (unpaired) electrons. The molecule has 0 aliphatic heterocycles. The van der Waals surface area contributed by atoms with Crippen LogP contribution in [0.2, 0.25) is 0 Å². The van der Waals surface area contributed by atoms with Crippen LogP contribution >= 0.6 is 11.8 Å². The van der Waals surface area contributed by atoms with Gasteiger partial charge in [0.1, 0.15) is 5.75 Å². The molecule has 0 N–H and O–H groups in total. The van der Waals surface area contributed by atoms with E-state index >= 15 is 0 Å². The number of ether oxygens (including phenoxy) is 2. The maximum atomic E-state index is 11.4. The van der Waals surface area contributed by atoms with E-state index < -0.39 is 0 Å². The van der Waals surface area contributed by atoms with Crippen LogP contribution in [0.25, 0.3) is 0 Å². The van der Waals surface area contributed by atoms with Crippen molar-refractivity contribution in [3.63, 3.8) is 0 Å². The molecule has 0 fully saturated rings. The standard InChI is InChI=1S/C19H21NO3S/c1-14(2)23-19(21)13-22-16-10-8-15(9-11-16)12-20-17-6-4-5-7-18(17)24-3/h4-12,14H,13H2,1-3H3. The van der Waals surface area contributed by atoms with E-state index in [0.29, 0.717) is 5.75 Å². The molecule has 0 aromatic heterocycles. The van der Waals surface area contributed by atoms with Gasteiger partial charge in [-0.3, -0.25) is 4.99 Å². The van der Waals surface area contributed by atoms with Gasteiger partial charge in [-0.1, -0.05) is 12.1 Å². The maximum absolute atomic E-state index is 11.4. The number of rotatable bonds is 7. The molecule has 2 aromatic rings. The number of esters is 1. The summed E-state index contributed by atoms with van der Waals surface area (Å²) < 4.78 is 10.4. The minimum Gasteiger partial charge on any atom is -0.482 e. The fourth-order valence-electron chi connectivity index (χ4n) is 1.97. The quantitative estimate of drug-likeness (QED) is 0.422. The molecule has 0 aliphatic rings. The molecule has 0 unspecified atom stereocenters. The second kappa shape index (κ2) is 9.13.